The number of anilines is 1. The Kier molecular flexibility index (Phi) is 7.37. The fourth-order valence-electron chi connectivity index (χ4n) is 1.81. The SMILES string of the molecule is CCCCCCC(C)OCc1cccc(NN)n1. The van der Waals surface area contributed by atoms with E-state index in [0.717, 1.165) is 12.1 Å². The van der Waals surface area contributed by atoms with Crippen molar-refractivity contribution in [1.29, 1.82) is 0 Å². The molecule has 1 aromatic rings. The van der Waals surface area contributed by atoms with Gasteiger partial charge in [-0.25, -0.2) is 10.8 Å². The number of nitrogen functional groups attached to an aromatic ring is 1. The van der Waals surface area contributed by atoms with E-state index in [4.69, 9.17) is 10.6 Å². The number of hydrazine groups is 1. The van der Waals surface area contributed by atoms with Gasteiger partial charge in [-0.2, -0.15) is 0 Å². The van der Waals surface area contributed by atoms with Crippen LogP contribution in [0.2, 0.25) is 0 Å². The van der Waals surface area contributed by atoms with Crippen LogP contribution in [-0.4, -0.2) is 11.1 Å². The molecule has 0 aliphatic heterocycles. The Labute approximate surface area is 110 Å². The zero-order valence-electron chi connectivity index (χ0n) is 11.5. The maximum Gasteiger partial charge on any atom is 0.140 e. The minimum Gasteiger partial charge on any atom is -0.372 e. The Hall–Kier alpha value is -1.13. The lowest BCUT2D eigenvalue weighted by Crippen LogP contribution is -2.11. The fraction of sp³-hybridized carbons (Fsp3) is 0.643. The van der Waals surface area contributed by atoms with Crippen LogP contribution in [0.15, 0.2) is 18.2 Å². The number of unbranched alkanes of at least 4 members (excludes halogenated alkanes) is 3. The van der Waals surface area contributed by atoms with Crippen LogP contribution in [0, 0.1) is 0 Å². The maximum absolute atomic E-state index is 5.78. The number of nitrogens with zero attached hydrogens (tertiary/aromatic N) is 1. The van der Waals surface area contributed by atoms with E-state index in [9.17, 15) is 0 Å². The van der Waals surface area contributed by atoms with E-state index in [1.807, 2.05) is 18.2 Å². The minimum atomic E-state index is 0.290. The van der Waals surface area contributed by atoms with Crippen LogP contribution < -0.4 is 11.3 Å². The zero-order chi connectivity index (χ0) is 13.2. The van der Waals surface area contributed by atoms with Gasteiger partial charge in [0, 0.05) is 0 Å². The van der Waals surface area contributed by atoms with Crippen LogP contribution in [0.25, 0.3) is 0 Å². The Bertz CT molecular complexity index is 331. The maximum atomic E-state index is 5.78. The van der Waals surface area contributed by atoms with Crippen LogP contribution in [0.3, 0.4) is 0 Å². The molecule has 0 spiro atoms. The van der Waals surface area contributed by atoms with Crippen LogP contribution in [0.5, 0.6) is 0 Å². The van der Waals surface area contributed by atoms with Crippen molar-refractivity contribution in [2.45, 2.75) is 58.7 Å². The van der Waals surface area contributed by atoms with Crippen molar-refractivity contribution in [2.75, 3.05) is 5.43 Å². The van der Waals surface area contributed by atoms with Crippen molar-refractivity contribution < 1.29 is 4.74 Å². The van der Waals surface area contributed by atoms with E-state index in [1.165, 1.54) is 25.7 Å². The van der Waals surface area contributed by atoms with Crippen LogP contribution >= 0.6 is 0 Å². The van der Waals surface area contributed by atoms with Gasteiger partial charge in [-0.15, -0.1) is 0 Å². The summed E-state index contributed by atoms with van der Waals surface area (Å²) in [6.45, 7) is 4.89. The molecule has 0 saturated carbocycles. The monoisotopic (exact) mass is 251 g/mol. The lowest BCUT2D eigenvalue weighted by molar-refractivity contribution is 0.0440. The molecule has 0 fully saturated rings. The second-order valence-corrected chi connectivity index (χ2v) is 4.63. The average Bonchev–Trinajstić information content (AvgIpc) is 2.41. The highest BCUT2D eigenvalue weighted by atomic mass is 16.5. The highest BCUT2D eigenvalue weighted by molar-refractivity contribution is 5.33. The Morgan fingerprint density at radius 3 is 2.89 bits per heavy atom. The van der Waals surface area contributed by atoms with Gasteiger partial charge in [-0.1, -0.05) is 38.7 Å². The molecule has 1 rings (SSSR count). The molecule has 0 saturated heterocycles. The third-order valence-electron chi connectivity index (χ3n) is 2.93. The van der Waals surface area contributed by atoms with Crippen molar-refractivity contribution >= 4 is 5.82 Å². The zero-order valence-corrected chi connectivity index (χ0v) is 11.5. The summed E-state index contributed by atoms with van der Waals surface area (Å²) >= 11 is 0. The number of hydrogen-bond acceptors (Lipinski definition) is 4. The van der Waals surface area contributed by atoms with Crippen molar-refractivity contribution in [2.24, 2.45) is 5.84 Å². The molecule has 0 aliphatic carbocycles. The Balaban J connectivity index is 2.22. The summed E-state index contributed by atoms with van der Waals surface area (Å²) in [4.78, 5) is 4.31. The van der Waals surface area contributed by atoms with Crippen LogP contribution in [0.1, 0.15) is 51.6 Å². The Morgan fingerprint density at radius 1 is 1.33 bits per heavy atom. The first kappa shape index (κ1) is 14.9. The standard InChI is InChI=1S/C14H25N3O/c1-3-4-5-6-8-12(2)18-11-13-9-7-10-14(16-13)17-15/h7,9-10,12H,3-6,8,11,15H2,1-2H3,(H,16,17). The molecule has 4 heteroatoms. The van der Waals surface area contributed by atoms with E-state index in [0.29, 0.717) is 12.4 Å². The molecule has 0 aliphatic rings. The van der Waals surface area contributed by atoms with Crippen LogP contribution in [0.4, 0.5) is 5.82 Å². The van der Waals surface area contributed by atoms with Gasteiger partial charge in [0.1, 0.15) is 5.82 Å². The highest BCUT2D eigenvalue weighted by Crippen LogP contribution is 2.10. The molecule has 4 nitrogen and oxygen atoms in total. The molecule has 0 bridgehead atoms. The van der Waals surface area contributed by atoms with Gasteiger partial charge in [-0.05, 0) is 25.5 Å². The van der Waals surface area contributed by atoms with Crippen molar-refractivity contribution in [1.82, 2.24) is 4.98 Å². The number of hydrogen-bond donors (Lipinski definition) is 2. The molecule has 18 heavy (non-hydrogen) atoms. The number of rotatable bonds is 9. The third-order valence-corrected chi connectivity index (χ3v) is 2.93. The minimum absolute atomic E-state index is 0.290. The van der Waals surface area contributed by atoms with Gasteiger partial charge in [0.25, 0.3) is 0 Å². The topological polar surface area (TPSA) is 60.2 Å². The smallest absolute Gasteiger partial charge is 0.140 e. The first-order valence-corrected chi connectivity index (χ1v) is 6.80. The summed E-state index contributed by atoms with van der Waals surface area (Å²) in [5.41, 5.74) is 3.44. The van der Waals surface area contributed by atoms with Gasteiger partial charge in [-0.3, -0.25) is 0 Å². The van der Waals surface area contributed by atoms with Gasteiger partial charge < -0.3 is 10.2 Å². The van der Waals surface area contributed by atoms with E-state index in [1.54, 1.807) is 0 Å². The number of nitrogens with one attached hydrogen (secondary N) is 1. The second kappa shape index (κ2) is 8.89. The molecule has 0 aromatic carbocycles. The fourth-order valence-corrected chi connectivity index (χ4v) is 1.81. The number of ether oxygens (including phenoxy) is 1. The molecule has 1 atom stereocenters. The van der Waals surface area contributed by atoms with Gasteiger partial charge in [0.05, 0.1) is 18.4 Å². The van der Waals surface area contributed by atoms with Crippen LogP contribution in [-0.2, 0) is 11.3 Å². The Morgan fingerprint density at radius 2 is 2.17 bits per heavy atom. The van der Waals surface area contributed by atoms with Crippen molar-refractivity contribution in [3.8, 4) is 0 Å². The van der Waals surface area contributed by atoms with E-state index in [-0.39, 0.29) is 6.10 Å². The summed E-state index contributed by atoms with van der Waals surface area (Å²) in [6.07, 6.45) is 6.55. The molecule has 102 valence electrons. The average molecular weight is 251 g/mol. The summed E-state index contributed by atoms with van der Waals surface area (Å²) in [7, 11) is 0. The molecule has 0 amide bonds. The molecule has 1 heterocycles. The second-order valence-electron chi connectivity index (χ2n) is 4.63. The normalized spacial score (nSPS) is 12.4. The quantitative estimate of drug-likeness (QED) is 0.402. The van der Waals surface area contributed by atoms with E-state index in [2.05, 4.69) is 24.3 Å². The van der Waals surface area contributed by atoms with E-state index >= 15 is 0 Å². The predicted molar refractivity (Wildman–Crippen MR) is 75.1 cm³/mol. The number of aromatic nitrogens is 1. The highest BCUT2D eigenvalue weighted by Gasteiger charge is 2.03. The van der Waals surface area contributed by atoms with Crippen molar-refractivity contribution in [3.63, 3.8) is 0 Å². The number of pyridine rings is 1. The lowest BCUT2D eigenvalue weighted by atomic mass is 10.1. The predicted octanol–water partition coefficient (Wildman–Crippen LogP) is 3.24. The number of nitrogens with two attached hydrogens (primary N) is 1. The molecule has 1 unspecified atom stereocenters. The molecule has 3 N–H and O–H groups in total. The third kappa shape index (κ3) is 5.98. The molecule has 0 radical (unpaired) electrons. The first-order chi connectivity index (χ1) is 8.76. The van der Waals surface area contributed by atoms with E-state index < -0.39 is 0 Å². The molecular weight excluding hydrogens is 226 g/mol. The van der Waals surface area contributed by atoms with Gasteiger partial charge >= 0.3 is 0 Å². The summed E-state index contributed by atoms with van der Waals surface area (Å²) < 4.78 is 5.78. The summed E-state index contributed by atoms with van der Waals surface area (Å²) in [5, 5.41) is 0. The van der Waals surface area contributed by atoms with Gasteiger partial charge in [0.15, 0.2) is 0 Å². The first-order valence-electron chi connectivity index (χ1n) is 6.80. The largest absolute Gasteiger partial charge is 0.372 e. The molecular formula is C14H25N3O. The lowest BCUT2D eigenvalue weighted by Gasteiger charge is -2.12. The summed E-state index contributed by atoms with van der Waals surface area (Å²) in [5.74, 6) is 5.99. The van der Waals surface area contributed by atoms with Gasteiger partial charge in [0.2, 0.25) is 0 Å². The molecule has 1 aromatic heterocycles. The summed E-state index contributed by atoms with van der Waals surface area (Å²) in [6, 6.07) is 5.70. The van der Waals surface area contributed by atoms with Crippen molar-refractivity contribution in [3.05, 3.63) is 23.9 Å².